The number of benzene rings is 1. The quantitative estimate of drug-likeness (QED) is 0.773. The molecule has 0 aliphatic carbocycles. The van der Waals surface area contributed by atoms with Gasteiger partial charge in [0.1, 0.15) is 5.56 Å². The van der Waals surface area contributed by atoms with Crippen molar-refractivity contribution in [1.82, 2.24) is 19.2 Å². The Bertz CT molecular complexity index is 1030. The van der Waals surface area contributed by atoms with Gasteiger partial charge in [0.25, 0.3) is 5.91 Å². The molecule has 0 atom stereocenters. The third-order valence-electron chi connectivity index (χ3n) is 5.50. The number of carboxylic acids is 1. The zero-order chi connectivity index (χ0) is 19.1. The molecule has 7 nitrogen and oxygen atoms in total. The van der Waals surface area contributed by atoms with Gasteiger partial charge in [0.2, 0.25) is 0 Å². The van der Waals surface area contributed by atoms with E-state index in [1.807, 2.05) is 47.0 Å². The summed E-state index contributed by atoms with van der Waals surface area (Å²) in [6.45, 7) is 3.05. The van der Waals surface area contributed by atoms with Crippen LogP contribution < -0.4 is 0 Å². The molecule has 27 heavy (non-hydrogen) atoms. The largest absolute Gasteiger partial charge is 0.478 e. The standard InChI is InChI=1S/C20H22N4O3/c1-13-16(20(26)27)11-21-24(13)14-7-9-23(10-8-14)19(25)17-12-22(2)18-6-4-3-5-15(17)18/h3-6,11-12,14H,7-10H2,1-2H3,(H,26,27). The highest BCUT2D eigenvalue weighted by Crippen LogP contribution is 2.27. The third-order valence-corrected chi connectivity index (χ3v) is 5.50. The lowest BCUT2D eigenvalue weighted by molar-refractivity contribution is 0.0689. The van der Waals surface area contributed by atoms with Crippen LogP contribution in [0.3, 0.4) is 0 Å². The average molecular weight is 366 g/mol. The number of rotatable bonds is 3. The number of aromatic nitrogens is 3. The molecule has 1 saturated heterocycles. The first-order valence-electron chi connectivity index (χ1n) is 9.08. The fourth-order valence-electron chi connectivity index (χ4n) is 4.00. The van der Waals surface area contributed by atoms with Crippen molar-refractivity contribution in [3.8, 4) is 0 Å². The van der Waals surface area contributed by atoms with Crippen LogP contribution in [0.4, 0.5) is 0 Å². The molecule has 0 spiro atoms. The number of carboxylic acid groups (broad SMARTS) is 1. The smallest absolute Gasteiger partial charge is 0.339 e. The van der Waals surface area contributed by atoms with E-state index < -0.39 is 5.97 Å². The van der Waals surface area contributed by atoms with E-state index in [9.17, 15) is 14.7 Å². The van der Waals surface area contributed by atoms with Gasteiger partial charge in [-0.3, -0.25) is 9.48 Å². The van der Waals surface area contributed by atoms with Gasteiger partial charge >= 0.3 is 5.97 Å². The van der Waals surface area contributed by atoms with Crippen molar-refractivity contribution in [2.24, 2.45) is 7.05 Å². The summed E-state index contributed by atoms with van der Waals surface area (Å²) < 4.78 is 3.78. The lowest BCUT2D eigenvalue weighted by Crippen LogP contribution is -2.39. The Hall–Kier alpha value is -3.09. The van der Waals surface area contributed by atoms with Gasteiger partial charge in [-0.25, -0.2) is 4.79 Å². The minimum Gasteiger partial charge on any atom is -0.478 e. The van der Waals surface area contributed by atoms with Crippen LogP contribution >= 0.6 is 0 Å². The zero-order valence-corrected chi connectivity index (χ0v) is 15.4. The van der Waals surface area contributed by atoms with Crippen LogP contribution in [0.15, 0.2) is 36.7 Å². The van der Waals surface area contributed by atoms with Crippen molar-refractivity contribution in [1.29, 1.82) is 0 Å². The average Bonchev–Trinajstić information content (AvgIpc) is 3.22. The molecule has 1 aliphatic rings. The number of nitrogens with zero attached hydrogens (tertiary/aromatic N) is 4. The Labute approximate surface area is 156 Å². The highest BCUT2D eigenvalue weighted by atomic mass is 16.4. The number of carbonyl (C=O) groups is 2. The van der Waals surface area contributed by atoms with Gasteiger partial charge in [0.15, 0.2) is 0 Å². The number of carbonyl (C=O) groups excluding carboxylic acids is 1. The molecule has 0 radical (unpaired) electrons. The Kier molecular flexibility index (Phi) is 4.22. The lowest BCUT2D eigenvalue weighted by atomic mass is 10.0. The fourth-order valence-corrected chi connectivity index (χ4v) is 4.00. The monoisotopic (exact) mass is 366 g/mol. The summed E-state index contributed by atoms with van der Waals surface area (Å²) in [5.74, 6) is -0.906. The first-order valence-corrected chi connectivity index (χ1v) is 9.08. The van der Waals surface area contributed by atoms with Gasteiger partial charge in [-0.2, -0.15) is 5.10 Å². The van der Waals surface area contributed by atoms with Gasteiger partial charge in [-0.1, -0.05) is 18.2 Å². The molecule has 1 fully saturated rings. The van der Waals surface area contributed by atoms with Crippen LogP contribution in [-0.4, -0.2) is 49.3 Å². The fraction of sp³-hybridized carbons (Fsp3) is 0.350. The van der Waals surface area contributed by atoms with E-state index in [4.69, 9.17) is 0 Å². The highest BCUT2D eigenvalue weighted by molar-refractivity contribution is 6.07. The van der Waals surface area contributed by atoms with Gasteiger partial charge in [0.05, 0.1) is 23.5 Å². The van der Waals surface area contributed by atoms with Crippen molar-refractivity contribution in [2.45, 2.75) is 25.8 Å². The molecule has 0 saturated carbocycles. The van der Waals surface area contributed by atoms with Crippen LogP contribution in [0.25, 0.3) is 10.9 Å². The number of aromatic carboxylic acids is 1. The van der Waals surface area contributed by atoms with E-state index in [0.29, 0.717) is 18.8 Å². The number of amides is 1. The maximum Gasteiger partial charge on any atom is 0.339 e. The normalized spacial score (nSPS) is 15.4. The van der Waals surface area contributed by atoms with E-state index in [0.717, 1.165) is 29.3 Å². The Morgan fingerprint density at radius 1 is 1.15 bits per heavy atom. The summed E-state index contributed by atoms with van der Waals surface area (Å²) in [5, 5.41) is 14.4. The number of aryl methyl sites for hydroxylation is 1. The summed E-state index contributed by atoms with van der Waals surface area (Å²) in [7, 11) is 1.95. The number of likely N-dealkylation sites (tertiary alicyclic amines) is 1. The summed E-state index contributed by atoms with van der Waals surface area (Å²) in [6.07, 6.45) is 4.83. The maximum absolute atomic E-state index is 13.0. The highest BCUT2D eigenvalue weighted by Gasteiger charge is 2.28. The van der Waals surface area contributed by atoms with Gasteiger partial charge < -0.3 is 14.6 Å². The third kappa shape index (κ3) is 2.89. The maximum atomic E-state index is 13.0. The van der Waals surface area contributed by atoms with E-state index >= 15 is 0 Å². The van der Waals surface area contributed by atoms with Crippen LogP contribution in [0.5, 0.6) is 0 Å². The molecule has 0 unspecified atom stereocenters. The number of hydrogen-bond donors (Lipinski definition) is 1. The van der Waals surface area contributed by atoms with E-state index in [2.05, 4.69) is 5.10 Å². The van der Waals surface area contributed by atoms with Crippen molar-refractivity contribution in [2.75, 3.05) is 13.1 Å². The van der Waals surface area contributed by atoms with Gasteiger partial charge in [0, 0.05) is 37.2 Å². The van der Waals surface area contributed by atoms with Crippen molar-refractivity contribution >= 4 is 22.8 Å². The van der Waals surface area contributed by atoms with Gasteiger partial charge in [-0.15, -0.1) is 0 Å². The minimum atomic E-state index is -0.956. The van der Waals surface area contributed by atoms with Crippen molar-refractivity contribution in [3.63, 3.8) is 0 Å². The Morgan fingerprint density at radius 2 is 1.85 bits per heavy atom. The van der Waals surface area contributed by atoms with E-state index in [1.54, 1.807) is 11.6 Å². The second-order valence-corrected chi connectivity index (χ2v) is 7.09. The summed E-state index contributed by atoms with van der Waals surface area (Å²) in [5.41, 5.74) is 2.68. The molecule has 1 aromatic carbocycles. The molecule has 7 heteroatoms. The molecule has 0 bridgehead atoms. The van der Waals surface area contributed by atoms with Gasteiger partial charge in [-0.05, 0) is 25.8 Å². The molecule has 2 aromatic heterocycles. The molecule has 3 aromatic rings. The van der Waals surface area contributed by atoms with Crippen LogP contribution in [-0.2, 0) is 7.05 Å². The molecule has 1 aliphatic heterocycles. The van der Waals surface area contributed by atoms with Crippen molar-refractivity contribution < 1.29 is 14.7 Å². The predicted molar refractivity (Wildman–Crippen MR) is 101 cm³/mol. The van der Waals surface area contributed by atoms with Crippen LogP contribution in [0, 0.1) is 6.92 Å². The Balaban J connectivity index is 1.51. The minimum absolute atomic E-state index is 0.0497. The summed E-state index contributed by atoms with van der Waals surface area (Å²) in [4.78, 5) is 26.1. The second-order valence-electron chi connectivity index (χ2n) is 7.09. The van der Waals surface area contributed by atoms with Crippen molar-refractivity contribution in [3.05, 3.63) is 53.5 Å². The predicted octanol–water partition coefficient (Wildman–Crippen LogP) is 2.86. The first-order chi connectivity index (χ1) is 13.0. The van der Waals surface area contributed by atoms with E-state index in [1.165, 1.54) is 6.20 Å². The molecule has 140 valence electrons. The second kappa shape index (κ2) is 6.57. The molecular formula is C20H22N4O3. The lowest BCUT2D eigenvalue weighted by Gasteiger charge is -2.32. The molecule has 4 rings (SSSR count). The van der Waals surface area contributed by atoms with E-state index in [-0.39, 0.29) is 17.5 Å². The molecule has 1 amide bonds. The van der Waals surface area contributed by atoms with Crippen LogP contribution in [0.2, 0.25) is 0 Å². The summed E-state index contributed by atoms with van der Waals surface area (Å²) in [6, 6.07) is 8.04. The number of fused-ring (bicyclic) bond motifs is 1. The topological polar surface area (TPSA) is 80.4 Å². The van der Waals surface area contributed by atoms with Crippen LogP contribution in [0.1, 0.15) is 45.3 Å². The first kappa shape index (κ1) is 17.3. The summed E-state index contributed by atoms with van der Waals surface area (Å²) >= 11 is 0. The molecule has 1 N–H and O–H groups in total. The number of hydrogen-bond acceptors (Lipinski definition) is 3. The number of para-hydroxylation sites is 1. The number of piperidine rings is 1. The zero-order valence-electron chi connectivity index (χ0n) is 15.4. The SMILES string of the molecule is Cc1c(C(=O)O)cnn1C1CCN(C(=O)c2cn(C)c3ccccc23)CC1. The molecule has 3 heterocycles. The Morgan fingerprint density at radius 3 is 2.52 bits per heavy atom. The molecular weight excluding hydrogens is 344 g/mol.